The van der Waals surface area contributed by atoms with E-state index in [2.05, 4.69) is 17.2 Å². The highest BCUT2D eigenvalue weighted by Crippen LogP contribution is 2.16. The number of benzene rings is 1. The molecule has 0 saturated heterocycles. The second-order valence-electron chi connectivity index (χ2n) is 6.64. The summed E-state index contributed by atoms with van der Waals surface area (Å²) in [5.74, 6) is 0.258. The van der Waals surface area contributed by atoms with E-state index in [-0.39, 0.29) is 18.4 Å². The summed E-state index contributed by atoms with van der Waals surface area (Å²) in [4.78, 5) is 31.1. The molecular weight excluding hydrogens is 390 g/mol. The third-order valence-electron chi connectivity index (χ3n) is 4.13. The molecule has 0 saturated carbocycles. The Bertz CT molecular complexity index is 776. The average molecular weight is 420 g/mol. The Morgan fingerprint density at radius 1 is 1.17 bits per heavy atom. The standard InChI is InChI=1S/C21H29N3O4S/c1-4-5-13-28-18-9-7-17(8-10-18)20(26)24(11-6-12-27-3)14-19(25)23-21-22-16(2)15-29-21/h7-10,15H,4-6,11-14H2,1-3H3,(H,22,23,25). The van der Waals surface area contributed by atoms with Gasteiger partial charge in [-0.2, -0.15) is 0 Å². The van der Waals surface area contributed by atoms with Crippen LogP contribution in [-0.2, 0) is 9.53 Å². The molecule has 2 amide bonds. The minimum absolute atomic E-state index is 0.0457. The van der Waals surface area contributed by atoms with Crippen LogP contribution in [0.2, 0.25) is 0 Å². The lowest BCUT2D eigenvalue weighted by Gasteiger charge is -2.22. The van der Waals surface area contributed by atoms with E-state index in [1.165, 1.54) is 16.2 Å². The van der Waals surface area contributed by atoms with E-state index in [9.17, 15) is 9.59 Å². The Hall–Kier alpha value is -2.45. The summed E-state index contributed by atoms with van der Waals surface area (Å²) < 4.78 is 10.7. The summed E-state index contributed by atoms with van der Waals surface area (Å²) in [6, 6.07) is 7.04. The SMILES string of the molecule is CCCCOc1ccc(C(=O)N(CCCOC)CC(=O)Nc2nc(C)cs2)cc1. The maximum atomic E-state index is 13.0. The molecular formula is C21H29N3O4S. The number of unbranched alkanes of at least 4 members (excludes halogenated alkanes) is 1. The number of methoxy groups -OCH3 is 1. The first-order valence-corrected chi connectivity index (χ1v) is 10.6. The van der Waals surface area contributed by atoms with Gasteiger partial charge < -0.3 is 19.7 Å². The zero-order valence-electron chi connectivity index (χ0n) is 17.3. The molecule has 1 aromatic heterocycles. The Morgan fingerprint density at radius 2 is 1.93 bits per heavy atom. The highest BCUT2D eigenvalue weighted by molar-refractivity contribution is 7.13. The molecule has 1 aromatic carbocycles. The number of thiazole rings is 1. The average Bonchev–Trinajstić information content (AvgIpc) is 3.12. The maximum Gasteiger partial charge on any atom is 0.254 e. The van der Waals surface area contributed by atoms with Crippen molar-refractivity contribution in [2.45, 2.75) is 33.1 Å². The van der Waals surface area contributed by atoms with Crippen molar-refractivity contribution in [2.24, 2.45) is 0 Å². The Kier molecular flexibility index (Phi) is 9.59. The number of ether oxygens (including phenoxy) is 2. The largest absolute Gasteiger partial charge is 0.494 e. The monoisotopic (exact) mass is 419 g/mol. The third-order valence-corrected chi connectivity index (χ3v) is 5.01. The van der Waals surface area contributed by atoms with Gasteiger partial charge in [0.05, 0.1) is 12.3 Å². The molecule has 0 fully saturated rings. The van der Waals surface area contributed by atoms with Crippen LogP contribution in [0.5, 0.6) is 5.75 Å². The molecule has 0 spiro atoms. The molecule has 158 valence electrons. The number of anilines is 1. The molecule has 7 nitrogen and oxygen atoms in total. The van der Waals surface area contributed by atoms with Crippen molar-refractivity contribution in [3.05, 3.63) is 40.9 Å². The summed E-state index contributed by atoms with van der Waals surface area (Å²) in [6.07, 6.45) is 2.70. The molecule has 2 rings (SSSR count). The van der Waals surface area contributed by atoms with Gasteiger partial charge in [-0.1, -0.05) is 13.3 Å². The van der Waals surface area contributed by atoms with Crippen LogP contribution in [-0.4, -0.2) is 55.1 Å². The van der Waals surface area contributed by atoms with E-state index >= 15 is 0 Å². The van der Waals surface area contributed by atoms with Crippen LogP contribution in [0.1, 0.15) is 42.2 Å². The number of aromatic nitrogens is 1. The molecule has 1 N–H and O–H groups in total. The number of nitrogens with zero attached hydrogens (tertiary/aromatic N) is 2. The normalized spacial score (nSPS) is 10.6. The van der Waals surface area contributed by atoms with Crippen molar-refractivity contribution in [2.75, 3.05) is 38.7 Å². The van der Waals surface area contributed by atoms with E-state index < -0.39 is 0 Å². The molecule has 0 aliphatic rings. The topological polar surface area (TPSA) is 80.8 Å². The molecule has 29 heavy (non-hydrogen) atoms. The van der Waals surface area contributed by atoms with E-state index in [0.717, 1.165) is 24.3 Å². The number of hydrogen-bond acceptors (Lipinski definition) is 6. The lowest BCUT2D eigenvalue weighted by Crippen LogP contribution is -2.39. The van der Waals surface area contributed by atoms with E-state index in [0.29, 0.717) is 36.9 Å². The molecule has 0 bridgehead atoms. The molecule has 0 unspecified atom stereocenters. The van der Waals surface area contributed by atoms with Gasteiger partial charge >= 0.3 is 0 Å². The van der Waals surface area contributed by atoms with E-state index in [1.54, 1.807) is 31.4 Å². The summed E-state index contributed by atoms with van der Waals surface area (Å²) >= 11 is 1.36. The number of amides is 2. The summed E-state index contributed by atoms with van der Waals surface area (Å²) in [5, 5.41) is 5.15. The predicted octanol–water partition coefficient (Wildman–Crippen LogP) is 3.75. The zero-order chi connectivity index (χ0) is 21.1. The van der Waals surface area contributed by atoms with Crippen molar-refractivity contribution < 1.29 is 19.1 Å². The second-order valence-corrected chi connectivity index (χ2v) is 7.50. The van der Waals surface area contributed by atoms with Crippen LogP contribution in [0, 0.1) is 6.92 Å². The van der Waals surface area contributed by atoms with Crippen molar-refractivity contribution in [1.82, 2.24) is 9.88 Å². The Morgan fingerprint density at radius 3 is 2.55 bits per heavy atom. The van der Waals surface area contributed by atoms with Gasteiger partial charge in [0.25, 0.3) is 5.91 Å². The lowest BCUT2D eigenvalue weighted by molar-refractivity contribution is -0.116. The fourth-order valence-corrected chi connectivity index (χ4v) is 3.31. The van der Waals surface area contributed by atoms with E-state index in [4.69, 9.17) is 9.47 Å². The molecule has 0 radical (unpaired) electrons. The van der Waals surface area contributed by atoms with Crippen molar-refractivity contribution >= 4 is 28.3 Å². The van der Waals surface area contributed by atoms with Gasteiger partial charge in [0.15, 0.2) is 5.13 Å². The summed E-state index contributed by atoms with van der Waals surface area (Å²) in [5.41, 5.74) is 1.36. The molecule has 0 aliphatic carbocycles. The lowest BCUT2D eigenvalue weighted by atomic mass is 10.2. The maximum absolute atomic E-state index is 13.0. The Balaban J connectivity index is 2.01. The number of carbonyl (C=O) groups is 2. The number of nitrogens with one attached hydrogen (secondary N) is 1. The zero-order valence-corrected chi connectivity index (χ0v) is 18.1. The minimum Gasteiger partial charge on any atom is -0.494 e. The van der Waals surface area contributed by atoms with Gasteiger partial charge in [0, 0.05) is 31.2 Å². The van der Waals surface area contributed by atoms with Gasteiger partial charge in [0.1, 0.15) is 12.3 Å². The van der Waals surface area contributed by atoms with Crippen LogP contribution in [0.4, 0.5) is 5.13 Å². The highest BCUT2D eigenvalue weighted by Gasteiger charge is 2.19. The van der Waals surface area contributed by atoms with Crippen LogP contribution < -0.4 is 10.1 Å². The third kappa shape index (κ3) is 7.83. The van der Waals surface area contributed by atoms with Gasteiger partial charge in [-0.15, -0.1) is 11.3 Å². The first-order valence-electron chi connectivity index (χ1n) is 9.76. The van der Waals surface area contributed by atoms with Gasteiger partial charge in [0.2, 0.25) is 5.91 Å². The van der Waals surface area contributed by atoms with E-state index in [1.807, 2.05) is 12.3 Å². The second kappa shape index (κ2) is 12.2. The molecule has 2 aromatic rings. The Labute approximate surface area is 176 Å². The van der Waals surface area contributed by atoms with Crippen molar-refractivity contribution in [3.8, 4) is 5.75 Å². The smallest absolute Gasteiger partial charge is 0.254 e. The van der Waals surface area contributed by atoms with Gasteiger partial charge in [-0.3, -0.25) is 9.59 Å². The first-order chi connectivity index (χ1) is 14.0. The van der Waals surface area contributed by atoms with Crippen LogP contribution in [0.3, 0.4) is 0 Å². The van der Waals surface area contributed by atoms with Crippen LogP contribution in [0.15, 0.2) is 29.6 Å². The fourth-order valence-electron chi connectivity index (χ4n) is 2.61. The van der Waals surface area contributed by atoms with Crippen LogP contribution >= 0.6 is 11.3 Å². The van der Waals surface area contributed by atoms with Crippen molar-refractivity contribution in [1.29, 1.82) is 0 Å². The highest BCUT2D eigenvalue weighted by atomic mass is 32.1. The number of rotatable bonds is 12. The molecule has 8 heteroatoms. The fraction of sp³-hybridized carbons (Fsp3) is 0.476. The molecule has 0 atom stereocenters. The first kappa shape index (κ1) is 22.8. The summed E-state index contributed by atoms with van der Waals surface area (Å²) in [6.45, 7) is 5.52. The molecule has 1 heterocycles. The van der Waals surface area contributed by atoms with Crippen molar-refractivity contribution in [3.63, 3.8) is 0 Å². The van der Waals surface area contributed by atoms with Crippen LogP contribution in [0.25, 0.3) is 0 Å². The minimum atomic E-state index is -0.273. The number of aryl methyl sites for hydroxylation is 1. The van der Waals surface area contributed by atoms with Gasteiger partial charge in [-0.25, -0.2) is 4.98 Å². The quantitative estimate of drug-likeness (QED) is 0.530. The summed E-state index contributed by atoms with van der Waals surface area (Å²) in [7, 11) is 1.61. The predicted molar refractivity (Wildman–Crippen MR) is 115 cm³/mol. The number of hydrogen-bond donors (Lipinski definition) is 1. The molecule has 0 aliphatic heterocycles. The van der Waals surface area contributed by atoms with Gasteiger partial charge in [-0.05, 0) is 44.0 Å². The number of carbonyl (C=O) groups excluding carboxylic acids is 2.